The van der Waals surface area contributed by atoms with Gasteiger partial charge in [-0.25, -0.2) is 9.59 Å². The minimum atomic E-state index is -1.33. The molecule has 1 amide bonds. The number of carboxylic acid groups (broad SMARTS) is 1. The molecule has 1 aliphatic heterocycles. The van der Waals surface area contributed by atoms with Gasteiger partial charge in [0.15, 0.2) is 0 Å². The van der Waals surface area contributed by atoms with Crippen LogP contribution in [-0.4, -0.2) is 45.4 Å². The molecule has 1 aliphatic rings. The lowest BCUT2D eigenvalue weighted by Crippen LogP contribution is -2.42. The summed E-state index contributed by atoms with van der Waals surface area (Å²) < 4.78 is 5.32. The van der Waals surface area contributed by atoms with E-state index in [1.54, 1.807) is 0 Å². The highest BCUT2D eigenvalue weighted by Gasteiger charge is 2.52. The van der Waals surface area contributed by atoms with Crippen LogP contribution in [0.1, 0.15) is 36.8 Å². The normalized spacial score (nSPS) is 22.6. The molecule has 1 heterocycles. The average molecular weight is 383 g/mol. The first-order valence-electron chi connectivity index (χ1n) is 9.42. The highest BCUT2D eigenvalue weighted by atomic mass is 16.6. The number of carbonyl (C=O) groups excluding carboxylic acids is 1. The second-order valence-corrected chi connectivity index (χ2v) is 7.20. The first kappa shape index (κ1) is 19.9. The molecule has 0 spiro atoms. The smallest absolute Gasteiger partial charge is 0.410 e. The topological polar surface area (TPSA) is 87.1 Å². The number of benzene rings is 2. The molecule has 28 heavy (non-hydrogen) atoms. The van der Waals surface area contributed by atoms with Gasteiger partial charge >= 0.3 is 12.1 Å². The van der Waals surface area contributed by atoms with Gasteiger partial charge in [-0.2, -0.15) is 0 Å². The molecule has 2 aromatic carbocycles. The Balaban J connectivity index is 1.77. The van der Waals surface area contributed by atoms with Crippen molar-refractivity contribution in [2.75, 3.05) is 6.54 Å². The fourth-order valence-corrected chi connectivity index (χ4v) is 3.99. The number of rotatable bonds is 6. The van der Waals surface area contributed by atoms with Crippen LogP contribution in [0.2, 0.25) is 0 Å². The molecular formula is C22H25NO5. The lowest BCUT2D eigenvalue weighted by atomic mass is 9.79. The molecule has 3 atom stereocenters. The van der Waals surface area contributed by atoms with Crippen LogP contribution >= 0.6 is 0 Å². The van der Waals surface area contributed by atoms with Crippen molar-refractivity contribution in [1.82, 2.24) is 4.90 Å². The number of aliphatic carboxylic acids is 1. The molecule has 1 saturated heterocycles. The zero-order valence-electron chi connectivity index (χ0n) is 15.8. The Labute approximate surface area is 164 Å². The van der Waals surface area contributed by atoms with Gasteiger partial charge in [0.25, 0.3) is 0 Å². The molecule has 2 N–H and O–H groups in total. The van der Waals surface area contributed by atoms with Crippen molar-refractivity contribution < 1.29 is 24.5 Å². The van der Waals surface area contributed by atoms with Crippen molar-refractivity contribution in [3.63, 3.8) is 0 Å². The van der Waals surface area contributed by atoms with Crippen LogP contribution in [0.3, 0.4) is 0 Å². The summed E-state index contributed by atoms with van der Waals surface area (Å²) in [7, 11) is 0. The summed E-state index contributed by atoms with van der Waals surface area (Å²) in [6, 6.07) is 17.6. The molecule has 2 unspecified atom stereocenters. The maximum absolute atomic E-state index is 12.6. The van der Waals surface area contributed by atoms with E-state index in [-0.39, 0.29) is 25.5 Å². The molecule has 0 bridgehead atoms. The van der Waals surface area contributed by atoms with Crippen LogP contribution in [-0.2, 0) is 16.1 Å². The van der Waals surface area contributed by atoms with Crippen molar-refractivity contribution >= 4 is 12.1 Å². The molecule has 0 aliphatic carbocycles. The molecule has 148 valence electrons. The van der Waals surface area contributed by atoms with Gasteiger partial charge in [-0.3, -0.25) is 4.90 Å². The first-order chi connectivity index (χ1) is 13.4. The molecule has 6 heteroatoms. The summed E-state index contributed by atoms with van der Waals surface area (Å²) in [6.45, 7) is 1.92. The Bertz CT molecular complexity index is 810. The maximum atomic E-state index is 12.6. The molecule has 0 radical (unpaired) electrons. The monoisotopic (exact) mass is 383 g/mol. The standard InChI is InChI=1S/C22H25NO5/c1-2-18(17-11-7-4-8-12-17)22(27)13-19(20(24)25)23(15-22)21(26)28-14-16-9-5-3-6-10-16/h3-12,18-19,27H,2,13-15H2,1H3,(H,24,25)/t18?,19-,22?/m0/s1. The minimum Gasteiger partial charge on any atom is -0.480 e. The van der Waals surface area contributed by atoms with E-state index in [1.165, 1.54) is 0 Å². The molecule has 6 nitrogen and oxygen atoms in total. The van der Waals surface area contributed by atoms with Crippen LogP contribution in [0, 0.1) is 0 Å². The number of nitrogens with zero attached hydrogens (tertiary/aromatic N) is 1. The van der Waals surface area contributed by atoms with E-state index < -0.39 is 23.7 Å². The average Bonchev–Trinajstić information content (AvgIpc) is 3.07. The van der Waals surface area contributed by atoms with Crippen LogP contribution in [0.15, 0.2) is 60.7 Å². The summed E-state index contributed by atoms with van der Waals surface area (Å²) >= 11 is 0. The third-order valence-corrected chi connectivity index (χ3v) is 5.35. The Morgan fingerprint density at radius 2 is 1.75 bits per heavy atom. The number of β-amino-alcohol motifs (C(OH)–C–C–N with tert-alkyl or cyclic N) is 1. The number of hydrogen-bond acceptors (Lipinski definition) is 4. The van der Waals surface area contributed by atoms with Gasteiger partial charge in [0.2, 0.25) is 0 Å². The zero-order chi connectivity index (χ0) is 20.1. The van der Waals surface area contributed by atoms with E-state index in [2.05, 4.69) is 0 Å². The molecule has 0 saturated carbocycles. The van der Waals surface area contributed by atoms with Gasteiger partial charge < -0.3 is 14.9 Å². The van der Waals surface area contributed by atoms with Gasteiger partial charge in [0.05, 0.1) is 12.1 Å². The number of carbonyl (C=O) groups is 2. The third kappa shape index (κ3) is 4.17. The van der Waals surface area contributed by atoms with Gasteiger partial charge in [-0.1, -0.05) is 67.6 Å². The molecule has 1 fully saturated rings. The fourth-order valence-electron chi connectivity index (χ4n) is 3.99. The minimum absolute atomic E-state index is 0.0316. The molecule has 2 aromatic rings. The SMILES string of the molecule is CCC(c1ccccc1)C1(O)C[C@@H](C(=O)O)N(C(=O)OCc2ccccc2)C1. The highest BCUT2D eigenvalue weighted by molar-refractivity contribution is 5.81. The highest BCUT2D eigenvalue weighted by Crippen LogP contribution is 2.41. The summed E-state index contributed by atoms with van der Waals surface area (Å²) in [5, 5.41) is 20.9. The third-order valence-electron chi connectivity index (χ3n) is 5.35. The van der Waals surface area contributed by atoms with Crippen LogP contribution in [0.25, 0.3) is 0 Å². The van der Waals surface area contributed by atoms with Gasteiger partial charge in [0, 0.05) is 12.3 Å². The maximum Gasteiger partial charge on any atom is 0.410 e. The summed E-state index contributed by atoms with van der Waals surface area (Å²) in [6.07, 6.45) is -0.134. The number of likely N-dealkylation sites (tertiary alicyclic amines) is 1. The van der Waals surface area contributed by atoms with E-state index in [0.717, 1.165) is 16.0 Å². The number of amides is 1. The van der Waals surface area contributed by atoms with E-state index in [9.17, 15) is 19.8 Å². The summed E-state index contributed by atoms with van der Waals surface area (Å²) in [5.74, 6) is -1.42. The number of hydrogen-bond donors (Lipinski definition) is 2. The van der Waals surface area contributed by atoms with E-state index >= 15 is 0 Å². The van der Waals surface area contributed by atoms with Gasteiger partial charge in [-0.05, 0) is 17.5 Å². The second-order valence-electron chi connectivity index (χ2n) is 7.20. The Morgan fingerprint density at radius 1 is 1.14 bits per heavy atom. The van der Waals surface area contributed by atoms with Crippen molar-refractivity contribution in [2.45, 2.75) is 43.9 Å². The largest absolute Gasteiger partial charge is 0.480 e. The predicted molar refractivity (Wildman–Crippen MR) is 104 cm³/mol. The van der Waals surface area contributed by atoms with Crippen molar-refractivity contribution in [3.05, 3.63) is 71.8 Å². The predicted octanol–water partition coefficient (Wildman–Crippen LogP) is 3.41. The second kappa shape index (κ2) is 8.44. The Hall–Kier alpha value is -2.86. The zero-order valence-corrected chi connectivity index (χ0v) is 15.8. The van der Waals surface area contributed by atoms with Crippen LogP contribution in [0.4, 0.5) is 4.79 Å². The van der Waals surface area contributed by atoms with Crippen molar-refractivity contribution in [3.8, 4) is 0 Å². The van der Waals surface area contributed by atoms with Gasteiger partial charge in [0.1, 0.15) is 12.6 Å². The van der Waals surface area contributed by atoms with Crippen LogP contribution < -0.4 is 0 Å². The number of carboxylic acids is 1. The number of ether oxygens (including phenoxy) is 1. The Kier molecular flexibility index (Phi) is 5.99. The fraction of sp³-hybridized carbons (Fsp3) is 0.364. The quantitative estimate of drug-likeness (QED) is 0.798. The number of aliphatic hydroxyl groups is 1. The van der Waals surface area contributed by atoms with Crippen LogP contribution in [0.5, 0.6) is 0 Å². The van der Waals surface area contributed by atoms with E-state index in [0.29, 0.717) is 6.42 Å². The molecule has 0 aromatic heterocycles. The summed E-state index contributed by atoms with van der Waals surface area (Å²) in [4.78, 5) is 25.5. The van der Waals surface area contributed by atoms with Crippen molar-refractivity contribution in [1.29, 1.82) is 0 Å². The first-order valence-corrected chi connectivity index (χ1v) is 9.42. The van der Waals surface area contributed by atoms with E-state index in [1.807, 2.05) is 67.6 Å². The van der Waals surface area contributed by atoms with E-state index in [4.69, 9.17) is 4.74 Å². The van der Waals surface area contributed by atoms with Crippen molar-refractivity contribution in [2.24, 2.45) is 0 Å². The lowest BCUT2D eigenvalue weighted by molar-refractivity contribution is -0.141. The van der Waals surface area contributed by atoms with Gasteiger partial charge in [-0.15, -0.1) is 0 Å². The summed E-state index contributed by atoms with van der Waals surface area (Å²) in [5.41, 5.74) is 0.411. The molecular weight excluding hydrogens is 358 g/mol. The molecule has 3 rings (SSSR count). The Morgan fingerprint density at radius 3 is 2.32 bits per heavy atom. The lowest BCUT2D eigenvalue weighted by Gasteiger charge is -2.32.